The molecule has 0 bridgehead atoms. The maximum absolute atomic E-state index is 12.2. The van der Waals surface area contributed by atoms with E-state index in [1.807, 2.05) is 16.8 Å². The molecule has 0 radical (unpaired) electrons. The molecule has 1 aromatic rings. The fourth-order valence-electron chi connectivity index (χ4n) is 1.95. The van der Waals surface area contributed by atoms with Gasteiger partial charge < -0.3 is 15.4 Å². The van der Waals surface area contributed by atoms with E-state index >= 15 is 0 Å². The molecule has 0 aliphatic carbocycles. The highest BCUT2D eigenvalue weighted by atomic mass is 35.5. The summed E-state index contributed by atoms with van der Waals surface area (Å²) in [6.45, 7) is 2.15. The van der Waals surface area contributed by atoms with Crippen molar-refractivity contribution in [3.8, 4) is 0 Å². The van der Waals surface area contributed by atoms with E-state index in [0.717, 1.165) is 0 Å². The molecule has 7 heteroatoms. The van der Waals surface area contributed by atoms with E-state index in [9.17, 15) is 4.79 Å². The summed E-state index contributed by atoms with van der Waals surface area (Å²) in [7, 11) is 0. The molecule has 20 heavy (non-hydrogen) atoms. The second kappa shape index (κ2) is 7.06. The van der Waals surface area contributed by atoms with E-state index in [1.54, 1.807) is 18.3 Å². The van der Waals surface area contributed by atoms with Crippen LogP contribution in [0.2, 0.25) is 0 Å². The lowest BCUT2D eigenvalue weighted by Gasteiger charge is -2.28. The molecule has 0 spiro atoms. The smallest absolute Gasteiger partial charge is 0.337 e. The number of thiocarbonyl (C=S) groups is 1. The quantitative estimate of drug-likeness (QED) is 0.492. The Morgan fingerprint density at radius 1 is 1.60 bits per heavy atom. The Bertz CT molecular complexity index is 528. The third-order valence-corrected chi connectivity index (χ3v) is 4.20. The molecule has 1 aromatic heterocycles. The number of allylic oxidation sites excluding steroid dienone is 1. The normalized spacial score (nSPS) is 18.5. The Morgan fingerprint density at radius 3 is 3.05 bits per heavy atom. The molecule has 1 aliphatic heterocycles. The van der Waals surface area contributed by atoms with E-state index in [4.69, 9.17) is 28.6 Å². The summed E-state index contributed by atoms with van der Waals surface area (Å²) >= 11 is 12.5. The van der Waals surface area contributed by atoms with Crippen molar-refractivity contribution in [3.05, 3.63) is 33.7 Å². The van der Waals surface area contributed by atoms with Crippen molar-refractivity contribution in [1.82, 2.24) is 10.6 Å². The van der Waals surface area contributed by atoms with Gasteiger partial charge in [-0.3, -0.25) is 0 Å². The lowest BCUT2D eigenvalue weighted by molar-refractivity contribution is -0.139. The van der Waals surface area contributed by atoms with Crippen LogP contribution in [0.5, 0.6) is 0 Å². The SMILES string of the molecule is CC1=C(C(=O)OCCc2ccsc2)C(CCl)NC(=S)N1. The lowest BCUT2D eigenvalue weighted by atomic mass is 10.1. The first-order chi connectivity index (χ1) is 9.61. The summed E-state index contributed by atoms with van der Waals surface area (Å²) in [6.07, 6.45) is 0.715. The van der Waals surface area contributed by atoms with Crippen molar-refractivity contribution >= 4 is 46.2 Å². The van der Waals surface area contributed by atoms with Gasteiger partial charge >= 0.3 is 5.97 Å². The fraction of sp³-hybridized carbons (Fsp3) is 0.385. The van der Waals surface area contributed by atoms with E-state index in [-0.39, 0.29) is 17.9 Å². The molecule has 0 amide bonds. The predicted octanol–water partition coefficient (Wildman–Crippen LogP) is 2.19. The van der Waals surface area contributed by atoms with Gasteiger partial charge in [0.05, 0.1) is 18.2 Å². The standard InChI is InChI=1S/C13H15ClN2O2S2/c1-8-11(10(6-14)16-13(19)15-8)12(17)18-4-2-9-3-5-20-7-9/h3,5,7,10H,2,4,6H2,1H3,(H2,15,16,19). The number of hydrogen-bond donors (Lipinski definition) is 2. The second-order valence-corrected chi connectivity index (χ2v) is 5.86. The van der Waals surface area contributed by atoms with Gasteiger partial charge in [-0.1, -0.05) is 0 Å². The highest BCUT2D eigenvalue weighted by Crippen LogP contribution is 2.15. The molecule has 108 valence electrons. The zero-order valence-corrected chi connectivity index (χ0v) is 13.3. The average Bonchev–Trinajstić information content (AvgIpc) is 2.90. The Kier molecular flexibility index (Phi) is 5.39. The number of rotatable bonds is 5. The van der Waals surface area contributed by atoms with Crippen molar-refractivity contribution < 1.29 is 9.53 Å². The number of carbonyl (C=O) groups excluding carboxylic acids is 1. The Morgan fingerprint density at radius 2 is 2.40 bits per heavy atom. The number of alkyl halides is 1. The third-order valence-electron chi connectivity index (χ3n) is 2.94. The summed E-state index contributed by atoms with van der Waals surface area (Å²) < 4.78 is 5.32. The van der Waals surface area contributed by atoms with Gasteiger partial charge in [0.25, 0.3) is 0 Å². The van der Waals surface area contributed by atoms with E-state index < -0.39 is 0 Å². The monoisotopic (exact) mass is 330 g/mol. The van der Waals surface area contributed by atoms with E-state index in [0.29, 0.717) is 29.4 Å². The summed E-state index contributed by atoms with van der Waals surface area (Å²) in [4.78, 5) is 12.2. The maximum Gasteiger partial charge on any atom is 0.337 e. The van der Waals surface area contributed by atoms with Gasteiger partial charge in [0.1, 0.15) is 0 Å². The zero-order chi connectivity index (χ0) is 14.5. The Balaban J connectivity index is 1.96. The molecule has 2 rings (SSSR count). The van der Waals surface area contributed by atoms with Gasteiger partial charge in [0, 0.05) is 18.0 Å². The predicted molar refractivity (Wildman–Crippen MR) is 85.1 cm³/mol. The molecule has 1 atom stereocenters. The Hall–Kier alpha value is -1.11. The molecule has 0 fully saturated rings. The van der Waals surface area contributed by atoms with Crippen molar-refractivity contribution in [2.75, 3.05) is 12.5 Å². The highest BCUT2D eigenvalue weighted by molar-refractivity contribution is 7.80. The minimum atomic E-state index is -0.356. The van der Waals surface area contributed by atoms with Crippen LogP contribution in [-0.2, 0) is 16.0 Å². The van der Waals surface area contributed by atoms with Crippen molar-refractivity contribution in [1.29, 1.82) is 0 Å². The number of hydrogen-bond acceptors (Lipinski definition) is 4. The third kappa shape index (κ3) is 3.71. The average molecular weight is 331 g/mol. The lowest BCUT2D eigenvalue weighted by Crippen LogP contribution is -2.50. The van der Waals surface area contributed by atoms with Gasteiger partial charge in [0.15, 0.2) is 5.11 Å². The largest absolute Gasteiger partial charge is 0.462 e. The van der Waals surface area contributed by atoms with Crippen molar-refractivity contribution in [3.63, 3.8) is 0 Å². The van der Waals surface area contributed by atoms with Gasteiger partial charge in [-0.25, -0.2) is 4.79 Å². The topological polar surface area (TPSA) is 50.4 Å². The molecule has 0 saturated heterocycles. The van der Waals surface area contributed by atoms with Crippen LogP contribution >= 0.6 is 35.2 Å². The molecule has 0 saturated carbocycles. The van der Waals surface area contributed by atoms with Crippen LogP contribution in [0.1, 0.15) is 12.5 Å². The molecule has 1 unspecified atom stereocenters. The number of ether oxygens (including phenoxy) is 1. The summed E-state index contributed by atoms with van der Waals surface area (Å²) in [5.74, 6) is -0.0976. The van der Waals surface area contributed by atoms with Crippen molar-refractivity contribution in [2.24, 2.45) is 0 Å². The zero-order valence-electron chi connectivity index (χ0n) is 10.9. The number of carbonyl (C=O) groups is 1. The van der Waals surface area contributed by atoms with E-state index in [1.165, 1.54) is 5.56 Å². The van der Waals surface area contributed by atoms with Gasteiger partial charge in [-0.2, -0.15) is 11.3 Å². The molecule has 0 aromatic carbocycles. The Labute approximate surface area is 132 Å². The summed E-state index contributed by atoms with van der Waals surface area (Å²) in [6, 6.07) is 1.71. The first kappa shape index (κ1) is 15.3. The van der Waals surface area contributed by atoms with Crippen molar-refractivity contribution in [2.45, 2.75) is 19.4 Å². The first-order valence-corrected chi connectivity index (χ1v) is 8.03. The summed E-state index contributed by atoms with van der Waals surface area (Å²) in [5.41, 5.74) is 2.38. The van der Waals surface area contributed by atoms with Crippen LogP contribution in [0.15, 0.2) is 28.1 Å². The van der Waals surface area contributed by atoms with Crippen LogP contribution in [0.25, 0.3) is 0 Å². The fourth-order valence-corrected chi connectivity index (χ4v) is 3.18. The second-order valence-electron chi connectivity index (χ2n) is 4.36. The van der Waals surface area contributed by atoms with Gasteiger partial charge in [0.2, 0.25) is 0 Å². The number of esters is 1. The minimum absolute atomic E-state index is 0.258. The van der Waals surface area contributed by atoms with Crippen LogP contribution in [0, 0.1) is 0 Å². The van der Waals surface area contributed by atoms with Crippen LogP contribution in [0.3, 0.4) is 0 Å². The first-order valence-electron chi connectivity index (χ1n) is 6.14. The minimum Gasteiger partial charge on any atom is -0.462 e. The summed E-state index contributed by atoms with van der Waals surface area (Å²) in [5, 5.41) is 10.4. The van der Waals surface area contributed by atoms with Crippen LogP contribution < -0.4 is 10.6 Å². The highest BCUT2D eigenvalue weighted by Gasteiger charge is 2.28. The molecule has 1 aliphatic rings. The molecule has 2 heterocycles. The molecule has 2 N–H and O–H groups in total. The number of nitrogens with one attached hydrogen (secondary N) is 2. The number of thiophene rings is 1. The number of halogens is 1. The van der Waals surface area contributed by atoms with E-state index in [2.05, 4.69) is 10.6 Å². The van der Waals surface area contributed by atoms with Gasteiger partial charge in [-0.15, -0.1) is 11.6 Å². The van der Waals surface area contributed by atoms with Crippen LogP contribution in [-0.4, -0.2) is 29.6 Å². The van der Waals surface area contributed by atoms with Crippen LogP contribution in [0.4, 0.5) is 0 Å². The molecular weight excluding hydrogens is 316 g/mol. The maximum atomic E-state index is 12.2. The molecular formula is C13H15ClN2O2S2. The van der Waals surface area contributed by atoms with Gasteiger partial charge in [-0.05, 0) is 41.5 Å². The molecule has 4 nitrogen and oxygen atoms in total.